The second-order valence-corrected chi connectivity index (χ2v) is 8.03. The Kier molecular flexibility index (Phi) is 7.08. The van der Waals surface area contributed by atoms with Gasteiger partial charge in [0.1, 0.15) is 30.5 Å². The summed E-state index contributed by atoms with van der Waals surface area (Å²) < 4.78 is 19.9. The first-order valence-electron chi connectivity index (χ1n) is 9.37. The number of hydrogen-bond acceptors (Lipinski definition) is 7. The van der Waals surface area contributed by atoms with E-state index in [1.807, 2.05) is 6.92 Å². The summed E-state index contributed by atoms with van der Waals surface area (Å²) >= 11 is 1.46. The molecule has 1 aliphatic rings. The number of rotatable bonds is 6. The number of nitrogens with zero attached hydrogens (tertiary/aromatic N) is 2. The van der Waals surface area contributed by atoms with Gasteiger partial charge in [-0.2, -0.15) is 0 Å². The van der Waals surface area contributed by atoms with E-state index in [4.69, 9.17) is 15.6 Å². The number of hydrogen-bond donors (Lipinski definition) is 2. The molecule has 3 N–H and O–H groups in total. The number of ketones is 1. The van der Waals surface area contributed by atoms with Gasteiger partial charge in [0.05, 0.1) is 11.7 Å². The van der Waals surface area contributed by atoms with Gasteiger partial charge in [0.15, 0.2) is 11.0 Å². The van der Waals surface area contributed by atoms with Gasteiger partial charge in [-0.3, -0.25) is 9.79 Å². The van der Waals surface area contributed by atoms with Crippen LogP contribution in [0.15, 0.2) is 41.5 Å². The van der Waals surface area contributed by atoms with Gasteiger partial charge in [0.25, 0.3) is 0 Å². The third kappa shape index (κ3) is 5.38. The number of aliphatic hydroxyl groups excluding tert-OH is 1. The van der Waals surface area contributed by atoms with E-state index in [1.165, 1.54) is 24.0 Å². The Labute approximate surface area is 178 Å². The van der Waals surface area contributed by atoms with Crippen LogP contribution in [0.25, 0.3) is 0 Å². The lowest BCUT2D eigenvalue weighted by atomic mass is 9.87. The SMILES string of the molecule is C[C@@]1(c2cc(CC(=O)c3ccc(OCC#CCO)cn3)ccc2F)CCSC(N)=N1. The maximum atomic E-state index is 14.5. The van der Waals surface area contributed by atoms with E-state index in [1.54, 1.807) is 24.3 Å². The smallest absolute Gasteiger partial charge is 0.185 e. The number of aliphatic hydroxyl groups is 1. The van der Waals surface area contributed by atoms with Crippen molar-refractivity contribution in [3.05, 3.63) is 59.2 Å². The number of ether oxygens (including phenoxy) is 1. The Balaban J connectivity index is 1.72. The number of aliphatic imine (C=N–C) groups is 1. The van der Waals surface area contributed by atoms with Crippen molar-refractivity contribution in [3.63, 3.8) is 0 Å². The van der Waals surface area contributed by atoms with E-state index >= 15 is 0 Å². The number of amidine groups is 1. The number of benzene rings is 1. The molecule has 0 bridgehead atoms. The standard InChI is InChI=1S/C22H22FN3O3S/c1-22(8-11-30-21(24)26-22)17-12-15(4-6-18(17)23)13-20(28)19-7-5-16(14-25-19)29-10-3-2-9-27/h4-7,12,14,27H,8-11,13H2,1H3,(H2,24,26)/t22-/m0/s1. The lowest BCUT2D eigenvalue weighted by Crippen LogP contribution is -2.29. The fourth-order valence-corrected chi connectivity index (χ4v) is 4.08. The van der Waals surface area contributed by atoms with Crippen molar-refractivity contribution in [2.75, 3.05) is 19.0 Å². The highest BCUT2D eigenvalue weighted by Gasteiger charge is 2.32. The zero-order valence-corrected chi connectivity index (χ0v) is 17.3. The predicted molar refractivity (Wildman–Crippen MR) is 115 cm³/mol. The van der Waals surface area contributed by atoms with Gasteiger partial charge in [0, 0.05) is 17.7 Å². The minimum atomic E-state index is -0.741. The van der Waals surface area contributed by atoms with Crippen molar-refractivity contribution in [2.45, 2.75) is 25.3 Å². The number of Topliss-reactive ketones (excluding diaryl/α,β-unsaturated/α-hetero) is 1. The second kappa shape index (κ2) is 9.74. The Morgan fingerprint density at radius 2 is 2.20 bits per heavy atom. The number of carbonyl (C=O) groups excluding carboxylic acids is 1. The maximum absolute atomic E-state index is 14.5. The summed E-state index contributed by atoms with van der Waals surface area (Å²) in [6, 6.07) is 7.87. The Morgan fingerprint density at radius 3 is 2.90 bits per heavy atom. The molecule has 2 heterocycles. The molecule has 1 aromatic carbocycles. The van der Waals surface area contributed by atoms with Crippen LogP contribution in [-0.2, 0) is 12.0 Å². The molecular weight excluding hydrogens is 405 g/mol. The van der Waals surface area contributed by atoms with Crippen LogP contribution in [0.1, 0.15) is 35.0 Å². The molecule has 0 radical (unpaired) electrons. The van der Waals surface area contributed by atoms with Gasteiger partial charge in [-0.05, 0) is 43.2 Å². The Morgan fingerprint density at radius 1 is 1.37 bits per heavy atom. The highest BCUT2D eigenvalue weighted by atomic mass is 32.2. The molecule has 0 spiro atoms. The average Bonchev–Trinajstić information content (AvgIpc) is 2.73. The first-order valence-corrected chi connectivity index (χ1v) is 10.4. The molecular formula is C22H22FN3O3S. The molecule has 0 unspecified atom stereocenters. The highest BCUT2D eigenvalue weighted by Crippen LogP contribution is 2.36. The predicted octanol–water partition coefficient (Wildman–Crippen LogP) is 2.69. The second-order valence-electron chi connectivity index (χ2n) is 6.92. The molecule has 1 atom stereocenters. The molecule has 8 heteroatoms. The molecule has 156 valence electrons. The molecule has 3 rings (SSSR count). The number of pyridine rings is 1. The van der Waals surface area contributed by atoms with Crippen LogP contribution < -0.4 is 10.5 Å². The fraction of sp³-hybridized carbons (Fsp3) is 0.318. The number of thioether (sulfide) groups is 1. The average molecular weight is 428 g/mol. The van der Waals surface area contributed by atoms with Crippen LogP contribution in [0.2, 0.25) is 0 Å². The normalized spacial score (nSPS) is 18.2. The molecule has 2 aromatic rings. The van der Waals surface area contributed by atoms with E-state index in [9.17, 15) is 9.18 Å². The summed E-state index contributed by atoms with van der Waals surface area (Å²) in [6.45, 7) is 1.75. The number of halogens is 1. The van der Waals surface area contributed by atoms with Crippen molar-refractivity contribution in [1.29, 1.82) is 0 Å². The van der Waals surface area contributed by atoms with Gasteiger partial charge < -0.3 is 15.6 Å². The number of nitrogens with two attached hydrogens (primary N) is 1. The minimum absolute atomic E-state index is 0.0898. The molecule has 0 fully saturated rings. The van der Waals surface area contributed by atoms with Crippen LogP contribution in [0.4, 0.5) is 4.39 Å². The molecule has 0 saturated carbocycles. The lowest BCUT2D eigenvalue weighted by Gasteiger charge is -2.30. The van der Waals surface area contributed by atoms with Gasteiger partial charge in [0.2, 0.25) is 0 Å². The zero-order valence-electron chi connectivity index (χ0n) is 16.5. The van der Waals surface area contributed by atoms with Crippen molar-refractivity contribution >= 4 is 22.7 Å². The first kappa shape index (κ1) is 21.8. The van der Waals surface area contributed by atoms with Crippen molar-refractivity contribution in [1.82, 2.24) is 4.98 Å². The summed E-state index contributed by atoms with van der Waals surface area (Å²) in [7, 11) is 0. The summed E-state index contributed by atoms with van der Waals surface area (Å²) in [5, 5.41) is 9.04. The van der Waals surface area contributed by atoms with Gasteiger partial charge >= 0.3 is 0 Å². The van der Waals surface area contributed by atoms with E-state index in [0.717, 1.165) is 5.75 Å². The van der Waals surface area contributed by atoms with Crippen LogP contribution in [0, 0.1) is 17.7 Å². The lowest BCUT2D eigenvalue weighted by molar-refractivity contribution is 0.0988. The van der Waals surface area contributed by atoms with Gasteiger partial charge in [-0.15, -0.1) is 0 Å². The number of carbonyl (C=O) groups is 1. The van der Waals surface area contributed by atoms with Crippen LogP contribution in [-0.4, -0.2) is 40.0 Å². The molecule has 1 aromatic heterocycles. The van der Waals surface area contributed by atoms with Crippen molar-refractivity contribution in [3.8, 4) is 17.6 Å². The third-order valence-corrected chi connectivity index (χ3v) is 5.50. The molecule has 0 amide bonds. The molecule has 0 saturated heterocycles. The third-order valence-electron chi connectivity index (χ3n) is 4.71. The largest absolute Gasteiger partial charge is 0.479 e. The van der Waals surface area contributed by atoms with Crippen LogP contribution in [0.5, 0.6) is 5.75 Å². The molecule has 6 nitrogen and oxygen atoms in total. The summed E-state index contributed by atoms with van der Waals surface area (Å²) in [4.78, 5) is 21.2. The van der Waals surface area contributed by atoms with Gasteiger partial charge in [-0.25, -0.2) is 9.37 Å². The van der Waals surface area contributed by atoms with Crippen molar-refractivity contribution in [2.24, 2.45) is 10.7 Å². The van der Waals surface area contributed by atoms with E-state index in [-0.39, 0.29) is 36.9 Å². The fourth-order valence-electron chi connectivity index (χ4n) is 3.11. The minimum Gasteiger partial charge on any atom is -0.479 e. The van der Waals surface area contributed by atoms with E-state index in [0.29, 0.717) is 28.5 Å². The summed E-state index contributed by atoms with van der Waals surface area (Å²) in [6.07, 6.45) is 2.20. The summed E-state index contributed by atoms with van der Waals surface area (Å²) in [5.41, 5.74) is 6.52. The maximum Gasteiger partial charge on any atom is 0.185 e. The highest BCUT2D eigenvalue weighted by molar-refractivity contribution is 8.13. The first-order chi connectivity index (χ1) is 14.4. The molecule has 1 aliphatic heterocycles. The quantitative estimate of drug-likeness (QED) is 0.543. The topological polar surface area (TPSA) is 97.8 Å². The monoisotopic (exact) mass is 427 g/mol. The molecule has 30 heavy (non-hydrogen) atoms. The Bertz CT molecular complexity index is 1010. The van der Waals surface area contributed by atoms with Gasteiger partial charge in [-0.1, -0.05) is 29.7 Å². The van der Waals surface area contributed by atoms with E-state index < -0.39 is 5.54 Å². The number of aromatic nitrogens is 1. The Hall–Kier alpha value is -2.89. The zero-order chi connectivity index (χ0) is 21.6. The van der Waals surface area contributed by atoms with Crippen LogP contribution in [0.3, 0.4) is 0 Å². The van der Waals surface area contributed by atoms with Crippen LogP contribution >= 0.6 is 11.8 Å². The summed E-state index contributed by atoms with van der Waals surface area (Å²) in [5.74, 6) is 5.79. The van der Waals surface area contributed by atoms with Crippen molar-refractivity contribution < 1.29 is 19.0 Å². The van der Waals surface area contributed by atoms with E-state index in [2.05, 4.69) is 21.8 Å². The molecule has 0 aliphatic carbocycles.